The van der Waals surface area contributed by atoms with Gasteiger partial charge in [-0.05, 0) is 41.8 Å². The van der Waals surface area contributed by atoms with Crippen LogP contribution in [0.2, 0.25) is 0 Å². The average Bonchev–Trinajstić information content (AvgIpc) is 2.53. The number of aliphatic imine (C=N–C) groups is 1. The van der Waals surface area contributed by atoms with Crippen molar-refractivity contribution in [2.45, 2.75) is 0 Å². The lowest BCUT2D eigenvalue weighted by Gasteiger charge is -2.00. The summed E-state index contributed by atoms with van der Waals surface area (Å²) in [5.74, 6) is 0.775. The van der Waals surface area contributed by atoms with Crippen molar-refractivity contribution in [3.05, 3.63) is 70.5 Å². The summed E-state index contributed by atoms with van der Waals surface area (Å²) in [5, 5.41) is 0.980. The van der Waals surface area contributed by atoms with Crippen LogP contribution in [0.5, 0.6) is 5.75 Å². The van der Waals surface area contributed by atoms with Crippen LogP contribution in [0, 0.1) is 0 Å². The molecule has 3 aromatic rings. The predicted octanol–water partition coefficient (Wildman–Crippen LogP) is 3.29. The number of ether oxygens (including phenoxy) is 1. The first-order chi connectivity index (χ1) is 10.3. The van der Waals surface area contributed by atoms with Gasteiger partial charge in [0.1, 0.15) is 5.75 Å². The van der Waals surface area contributed by atoms with E-state index in [0.29, 0.717) is 5.56 Å². The molecule has 0 saturated carbocycles. The van der Waals surface area contributed by atoms with Crippen molar-refractivity contribution in [3.63, 3.8) is 0 Å². The Bertz CT molecular complexity index is 849. The second-order valence-electron chi connectivity index (χ2n) is 4.60. The molecule has 0 radical (unpaired) electrons. The SMILES string of the molecule is COc1ccc(N=Cc2cc3ccccc3[nH]c2=O)cc1. The number of para-hydroxylation sites is 1. The van der Waals surface area contributed by atoms with Gasteiger partial charge in [-0.25, -0.2) is 0 Å². The zero-order valence-corrected chi connectivity index (χ0v) is 11.5. The Morgan fingerprint density at radius 1 is 1.10 bits per heavy atom. The van der Waals surface area contributed by atoms with Crippen LogP contribution in [0.25, 0.3) is 10.9 Å². The van der Waals surface area contributed by atoms with Crippen molar-refractivity contribution in [2.24, 2.45) is 4.99 Å². The Morgan fingerprint density at radius 3 is 2.62 bits per heavy atom. The summed E-state index contributed by atoms with van der Waals surface area (Å²) in [6.45, 7) is 0. The summed E-state index contributed by atoms with van der Waals surface area (Å²) < 4.78 is 5.09. The number of hydrogen-bond acceptors (Lipinski definition) is 3. The number of methoxy groups -OCH3 is 1. The molecule has 4 heteroatoms. The van der Waals surface area contributed by atoms with Gasteiger partial charge in [0, 0.05) is 11.7 Å². The van der Waals surface area contributed by atoms with E-state index >= 15 is 0 Å². The van der Waals surface area contributed by atoms with Gasteiger partial charge in [-0.2, -0.15) is 0 Å². The summed E-state index contributed by atoms with van der Waals surface area (Å²) in [7, 11) is 1.62. The van der Waals surface area contributed by atoms with Gasteiger partial charge in [0.15, 0.2) is 0 Å². The Kier molecular flexibility index (Phi) is 3.51. The Hall–Kier alpha value is -2.88. The lowest BCUT2D eigenvalue weighted by atomic mass is 10.2. The molecule has 1 heterocycles. The Labute approximate surface area is 121 Å². The second kappa shape index (κ2) is 5.63. The molecule has 0 saturated heterocycles. The zero-order valence-electron chi connectivity index (χ0n) is 11.5. The predicted molar refractivity (Wildman–Crippen MR) is 84.8 cm³/mol. The number of aromatic amines is 1. The second-order valence-corrected chi connectivity index (χ2v) is 4.60. The van der Waals surface area contributed by atoms with Crippen LogP contribution in [-0.2, 0) is 0 Å². The minimum Gasteiger partial charge on any atom is -0.497 e. The third kappa shape index (κ3) is 2.84. The molecule has 0 bridgehead atoms. The van der Waals surface area contributed by atoms with Gasteiger partial charge in [-0.1, -0.05) is 18.2 Å². The number of nitrogens with one attached hydrogen (secondary N) is 1. The van der Waals surface area contributed by atoms with E-state index in [1.807, 2.05) is 54.6 Å². The van der Waals surface area contributed by atoms with E-state index in [0.717, 1.165) is 22.3 Å². The largest absolute Gasteiger partial charge is 0.497 e. The van der Waals surface area contributed by atoms with Gasteiger partial charge >= 0.3 is 0 Å². The molecule has 104 valence electrons. The van der Waals surface area contributed by atoms with E-state index < -0.39 is 0 Å². The molecule has 0 atom stereocenters. The molecule has 2 aromatic carbocycles. The fourth-order valence-corrected chi connectivity index (χ4v) is 2.07. The van der Waals surface area contributed by atoms with E-state index in [1.54, 1.807) is 13.3 Å². The van der Waals surface area contributed by atoms with Crippen molar-refractivity contribution >= 4 is 22.8 Å². The summed E-state index contributed by atoms with van der Waals surface area (Å²) in [5.41, 5.74) is 1.97. The third-order valence-electron chi connectivity index (χ3n) is 3.21. The fraction of sp³-hybridized carbons (Fsp3) is 0.0588. The van der Waals surface area contributed by atoms with Crippen molar-refractivity contribution in [3.8, 4) is 5.75 Å². The number of hydrogen-bond donors (Lipinski definition) is 1. The quantitative estimate of drug-likeness (QED) is 0.747. The third-order valence-corrected chi connectivity index (χ3v) is 3.21. The van der Waals surface area contributed by atoms with Gasteiger partial charge < -0.3 is 9.72 Å². The highest BCUT2D eigenvalue weighted by Gasteiger charge is 2.00. The molecule has 0 fully saturated rings. The Morgan fingerprint density at radius 2 is 1.86 bits per heavy atom. The molecule has 0 aliphatic carbocycles. The molecule has 0 amide bonds. The minimum absolute atomic E-state index is 0.147. The van der Waals surface area contributed by atoms with Gasteiger partial charge in [-0.3, -0.25) is 9.79 Å². The average molecular weight is 278 g/mol. The number of nitrogens with zero attached hydrogens (tertiary/aromatic N) is 1. The number of fused-ring (bicyclic) bond motifs is 1. The number of aromatic nitrogens is 1. The lowest BCUT2D eigenvalue weighted by molar-refractivity contribution is 0.415. The highest BCUT2D eigenvalue weighted by Crippen LogP contribution is 2.17. The summed E-state index contributed by atoms with van der Waals surface area (Å²) in [6, 6.07) is 16.8. The van der Waals surface area contributed by atoms with Crippen molar-refractivity contribution in [1.29, 1.82) is 0 Å². The van der Waals surface area contributed by atoms with Crippen molar-refractivity contribution in [2.75, 3.05) is 7.11 Å². The molecule has 4 nitrogen and oxygen atoms in total. The monoisotopic (exact) mass is 278 g/mol. The molecule has 0 unspecified atom stereocenters. The summed E-state index contributed by atoms with van der Waals surface area (Å²) >= 11 is 0. The van der Waals surface area contributed by atoms with Gasteiger partial charge in [0.2, 0.25) is 0 Å². The molecular weight excluding hydrogens is 264 g/mol. The topological polar surface area (TPSA) is 54.4 Å². The fourth-order valence-electron chi connectivity index (χ4n) is 2.07. The van der Waals surface area contributed by atoms with E-state index in [4.69, 9.17) is 4.74 Å². The molecule has 0 spiro atoms. The highest BCUT2D eigenvalue weighted by atomic mass is 16.5. The van der Waals surface area contributed by atoms with Crippen LogP contribution in [-0.4, -0.2) is 18.3 Å². The number of benzene rings is 2. The molecular formula is C17H14N2O2. The molecule has 1 N–H and O–H groups in total. The number of pyridine rings is 1. The smallest absolute Gasteiger partial charge is 0.257 e. The molecule has 1 aromatic heterocycles. The van der Waals surface area contributed by atoms with E-state index in [2.05, 4.69) is 9.98 Å². The van der Waals surface area contributed by atoms with Crippen LogP contribution in [0.4, 0.5) is 5.69 Å². The van der Waals surface area contributed by atoms with E-state index in [1.165, 1.54) is 0 Å². The normalized spacial score (nSPS) is 11.1. The maximum Gasteiger partial charge on any atom is 0.257 e. The number of rotatable bonds is 3. The highest BCUT2D eigenvalue weighted by molar-refractivity contribution is 5.88. The van der Waals surface area contributed by atoms with E-state index in [9.17, 15) is 4.79 Å². The molecule has 3 rings (SSSR count). The molecule has 0 aliphatic heterocycles. The molecule has 0 aliphatic rings. The standard InChI is InChI=1S/C17H14N2O2/c1-21-15-8-6-14(7-9-15)18-11-13-10-12-4-2-3-5-16(12)19-17(13)20/h2-11H,1H3,(H,19,20). The summed E-state index contributed by atoms with van der Waals surface area (Å²) in [4.78, 5) is 19.2. The maximum atomic E-state index is 12.0. The first-order valence-corrected chi connectivity index (χ1v) is 6.56. The van der Waals surface area contributed by atoms with Crippen molar-refractivity contribution < 1.29 is 4.74 Å². The zero-order chi connectivity index (χ0) is 14.7. The first kappa shape index (κ1) is 13.1. The van der Waals surface area contributed by atoms with Crippen LogP contribution in [0.1, 0.15) is 5.56 Å². The minimum atomic E-state index is -0.147. The lowest BCUT2D eigenvalue weighted by Crippen LogP contribution is -2.11. The van der Waals surface area contributed by atoms with Crippen LogP contribution in [0.15, 0.2) is 64.4 Å². The van der Waals surface area contributed by atoms with Gasteiger partial charge in [0.05, 0.1) is 18.4 Å². The van der Waals surface area contributed by atoms with E-state index in [-0.39, 0.29) is 5.56 Å². The van der Waals surface area contributed by atoms with Gasteiger partial charge in [-0.15, -0.1) is 0 Å². The molecule has 21 heavy (non-hydrogen) atoms. The summed E-state index contributed by atoms with van der Waals surface area (Å²) in [6.07, 6.45) is 1.58. The van der Waals surface area contributed by atoms with Crippen LogP contribution >= 0.6 is 0 Å². The van der Waals surface area contributed by atoms with Crippen LogP contribution in [0.3, 0.4) is 0 Å². The maximum absolute atomic E-state index is 12.0. The van der Waals surface area contributed by atoms with Crippen molar-refractivity contribution in [1.82, 2.24) is 4.98 Å². The number of H-pyrrole nitrogens is 1. The Balaban J connectivity index is 1.94. The van der Waals surface area contributed by atoms with Crippen LogP contribution < -0.4 is 10.3 Å². The van der Waals surface area contributed by atoms with Gasteiger partial charge in [0.25, 0.3) is 5.56 Å². The first-order valence-electron chi connectivity index (χ1n) is 6.56.